The molecule has 0 saturated carbocycles. The molecule has 1 aromatic carbocycles. The first-order chi connectivity index (χ1) is 15.9. The van der Waals surface area contributed by atoms with Crippen molar-refractivity contribution in [3.8, 4) is 0 Å². The van der Waals surface area contributed by atoms with Gasteiger partial charge in [-0.1, -0.05) is 6.92 Å². The molecule has 2 aromatic rings. The van der Waals surface area contributed by atoms with Crippen molar-refractivity contribution >= 4 is 33.3 Å². The molecule has 3 heterocycles. The van der Waals surface area contributed by atoms with Crippen molar-refractivity contribution in [1.29, 1.82) is 0 Å². The second kappa shape index (κ2) is 10.0. The average Bonchev–Trinajstić information content (AvgIpc) is 2.84. The van der Waals surface area contributed by atoms with E-state index in [0.29, 0.717) is 31.9 Å². The molecule has 0 radical (unpaired) electrons. The maximum absolute atomic E-state index is 13.0. The third-order valence-corrected chi connectivity index (χ3v) is 8.07. The van der Waals surface area contributed by atoms with E-state index < -0.39 is 10.0 Å². The number of aromatic nitrogens is 2. The van der Waals surface area contributed by atoms with E-state index in [-0.39, 0.29) is 10.8 Å². The monoisotopic (exact) mass is 473 g/mol. The third-order valence-electron chi connectivity index (χ3n) is 6.15. The fraction of sp³-hybridized carbons (Fsp3) is 0.500. The number of benzene rings is 1. The summed E-state index contributed by atoms with van der Waals surface area (Å²) in [6.07, 6.45) is 0. The van der Waals surface area contributed by atoms with Crippen LogP contribution in [0, 0.1) is 0 Å². The van der Waals surface area contributed by atoms with Crippen molar-refractivity contribution in [2.45, 2.75) is 18.7 Å². The van der Waals surface area contributed by atoms with Crippen molar-refractivity contribution in [2.24, 2.45) is 0 Å². The summed E-state index contributed by atoms with van der Waals surface area (Å²) < 4.78 is 27.5. The van der Waals surface area contributed by atoms with Crippen molar-refractivity contribution in [3.05, 3.63) is 36.4 Å². The lowest BCUT2D eigenvalue weighted by Crippen LogP contribution is -2.49. The summed E-state index contributed by atoms with van der Waals surface area (Å²) >= 11 is 0. The number of amides is 1. The molecule has 0 aliphatic carbocycles. The molecule has 2 saturated heterocycles. The molecule has 0 bridgehead atoms. The van der Waals surface area contributed by atoms with Crippen LogP contribution in [0.3, 0.4) is 0 Å². The number of carbonyl (C=O) groups is 1. The maximum Gasteiger partial charge on any atom is 0.243 e. The number of rotatable bonds is 6. The first-order valence-corrected chi connectivity index (χ1v) is 12.7. The fourth-order valence-corrected chi connectivity index (χ4v) is 5.59. The normalized spacial score (nSPS) is 18.4. The number of nitrogens with one attached hydrogen (secondary N) is 1. The van der Waals surface area contributed by atoms with Crippen LogP contribution in [0.25, 0.3) is 0 Å². The van der Waals surface area contributed by atoms with Crippen molar-refractivity contribution in [1.82, 2.24) is 19.4 Å². The number of hydrogen-bond acceptors (Lipinski definition) is 8. The first-order valence-electron chi connectivity index (χ1n) is 11.3. The molecule has 33 heavy (non-hydrogen) atoms. The van der Waals surface area contributed by atoms with Gasteiger partial charge in [0, 0.05) is 65.0 Å². The van der Waals surface area contributed by atoms with E-state index in [1.54, 1.807) is 12.1 Å². The van der Waals surface area contributed by atoms with E-state index in [9.17, 15) is 13.2 Å². The Bertz CT molecular complexity index is 1040. The van der Waals surface area contributed by atoms with Gasteiger partial charge in [-0.3, -0.25) is 4.79 Å². The van der Waals surface area contributed by atoms with E-state index in [4.69, 9.17) is 0 Å². The molecule has 0 unspecified atom stereocenters. The molecule has 0 spiro atoms. The predicted octanol–water partition coefficient (Wildman–Crippen LogP) is 1.09. The number of likely N-dealkylation sites (N-methyl/N-ethyl adjacent to an activating group) is 1. The zero-order chi connectivity index (χ0) is 23.4. The van der Waals surface area contributed by atoms with Crippen LogP contribution in [0.2, 0.25) is 0 Å². The lowest BCUT2D eigenvalue weighted by molar-refractivity contribution is -0.114. The quantitative estimate of drug-likeness (QED) is 0.665. The minimum Gasteiger partial charge on any atom is -0.353 e. The van der Waals surface area contributed by atoms with Crippen LogP contribution >= 0.6 is 0 Å². The summed E-state index contributed by atoms with van der Waals surface area (Å²) in [5.41, 5.74) is 0.570. The van der Waals surface area contributed by atoms with Gasteiger partial charge >= 0.3 is 0 Å². The van der Waals surface area contributed by atoms with E-state index >= 15 is 0 Å². The highest BCUT2D eigenvalue weighted by Gasteiger charge is 2.29. The molecule has 2 aliphatic heterocycles. The molecule has 11 heteroatoms. The third kappa shape index (κ3) is 5.43. The molecule has 0 atom stereocenters. The molecular formula is C22H31N7O3S. The zero-order valence-corrected chi connectivity index (χ0v) is 20.0. The summed E-state index contributed by atoms with van der Waals surface area (Å²) in [6, 6.07) is 10.2. The largest absolute Gasteiger partial charge is 0.353 e. The van der Waals surface area contributed by atoms with Gasteiger partial charge < -0.3 is 20.0 Å². The SMILES string of the molecule is CCN1CCN(c2ccc(N3CCN(S(=O)(=O)c4ccc(NC(C)=O)cc4)CC3)nn2)CC1. The molecule has 1 amide bonds. The van der Waals surface area contributed by atoms with E-state index in [0.717, 1.165) is 44.4 Å². The van der Waals surface area contributed by atoms with Crippen LogP contribution in [0.5, 0.6) is 0 Å². The molecule has 1 N–H and O–H groups in total. The Balaban J connectivity index is 1.34. The Labute approximate surface area is 195 Å². The van der Waals surface area contributed by atoms with Crippen molar-refractivity contribution in [3.63, 3.8) is 0 Å². The first kappa shape index (κ1) is 23.4. The maximum atomic E-state index is 13.0. The standard InChI is InChI=1S/C22H31N7O3S/c1-3-26-10-12-27(13-11-26)21-8-9-22(25-24-21)28-14-16-29(17-15-28)33(31,32)20-6-4-19(5-7-20)23-18(2)30/h4-9H,3,10-17H2,1-2H3,(H,23,30). The molecule has 1 aromatic heterocycles. The molecule has 2 fully saturated rings. The van der Waals surface area contributed by atoms with Gasteiger partial charge in [0.25, 0.3) is 0 Å². The van der Waals surface area contributed by atoms with Crippen LogP contribution in [0.4, 0.5) is 17.3 Å². The number of hydrogen-bond donors (Lipinski definition) is 1. The second-order valence-electron chi connectivity index (χ2n) is 8.27. The lowest BCUT2D eigenvalue weighted by Gasteiger charge is -2.35. The fourth-order valence-electron chi connectivity index (χ4n) is 4.17. The van der Waals surface area contributed by atoms with Gasteiger partial charge in [-0.05, 0) is 42.9 Å². The highest BCUT2D eigenvalue weighted by Crippen LogP contribution is 2.22. The number of carbonyl (C=O) groups excluding carboxylic acids is 1. The molecule has 178 valence electrons. The number of sulfonamides is 1. The highest BCUT2D eigenvalue weighted by atomic mass is 32.2. The van der Waals surface area contributed by atoms with Crippen LogP contribution in [-0.4, -0.2) is 92.6 Å². The minimum absolute atomic E-state index is 0.197. The summed E-state index contributed by atoms with van der Waals surface area (Å²) in [6.45, 7) is 10.5. The van der Waals surface area contributed by atoms with Crippen molar-refractivity contribution in [2.75, 3.05) is 74.0 Å². The van der Waals surface area contributed by atoms with Crippen molar-refractivity contribution < 1.29 is 13.2 Å². The van der Waals surface area contributed by atoms with Crippen LogP contribution in [0.15, 0.2) is 41.3 Å². The lowest BCUT2D eigenvalue weighted by atomic mass is 10.3. The Morgan fingerprint density at radius 1 is 0.848 bits per heavy atom. The van der Waals surface area contributed by atoms with Gasteiger partial charge in [0.15, 0.2) is 11.6 Å². The molecular weight excluding hydrogens is 442 g/mol. The van der Waals surface area contributed by atoms with Gasteiger partial charge in [0.1, 0.15) is 0 Å². The van der Waals surface area contributed by atoms with Gasteiger partial charge in [-0.2, -0.15) is 4.31 Å². The van der Waals surface area contributed by atoms with Gasteiger partial charge in [-0.15, -0.1) is 10.2 Å². The summed E-state index contributed by atoms with van der Waals surface area (Å²) in [5.74, 6) is 1.46. The Morgan fingerprint density at radius 2 is 1.36 bits per heavy atom. The molecule has 4 rings (SSSR count). The minimum atomic E-state index is -3.59. The van der Waals surface area contributed by atoms with Crippen LogP contribution < -0.4 is 15.1 Å². The number of nitrogens with zero attached hydrogens (tertiary/aromatic N) is 6. The smallest absolute Gasteiger partial charge is 0.243 e. The average molecular weight is 474 g/mol. The summed E-state index contributed by atoms with van der Waals surface area (Å²) in [7, 11) is -3.59. The summed E-state index contributed by atoms with van der Waals surface area (Å²) in [5, 5.41) is 11.5. The van der Waals surface area contributed by atoms with E-state index in [1.807, 2.05) is 12.1 Å². The Kier molecular flexibility index (Phi) is 7.11. The molecule has 2 aliphatic rings. The van der Waals surface area contributed by atoms with Gasteiger partial charge in [-0.25, -0.2) is 8.42 Å². The molecule has 10 nitrogen and oxygen atoms in total. The topological polar surface area (TPSA) is 102 Å². The number of piperazine rings is 2. The Morgan fingerprint density at radius 3 is 1.82 bits per heavy atom. The second-order valence-corrected chi connectivity index (χ2v) is 10.2. The predicted molar refractivity (Wildman–Crippen MR) is 128 cm³/mol. The van der Waals surface area contributed by atoms with Crippen LogP contribution in [-0.2, 0) is 14.8 Å². The van der Waals surface area contributed by atoms with Gasteiger partial charge in [0.2, 0.25) is 15.9 Å². The zero-order valence-electron chi connectivity index (χ0n) is 19.1. The highest BCUT2D eigenvalue weighted by molar-refractivity contribution is 7.89. The van der Waals surface area contributed by atoms with E-state index in [1.165, 1.54) is 23.4 Å². The van der Waals surface area contributed by atoms with Gasteiger partial charge in [0.05, 0.1) is 4.90 Å². The Hall–Kier alpha value is -2.76. The van der Waals surface area contributed by atoms with E-state index in [2.05, 4.69) is 37.1 Å². The van der Waals surface area contributed by atoms with Crippen LogP contribution in [0.1, 0.15) is 13.8 Å². The summed E-state index contributed by atoms with van der Waals surface area (Å²) in [4.78, 5) is 18.1. The number of anilines is 3.